The first-order valence-electron chi connectivity index (χ1n) is 6.26. The Morgan fingerprint density at radius 3 is 2.90 bits per heavy atom. The van der Waals surface area contributed by atoms with Crippen LogP contribution in [0.2, 0.25) is 5.02 Å². The number of halogens is 1. The number of anilines is 2. The molecule has 2 aromatic heterocycles. The fourth-order valence-electron chi connectivity index (χ4n) is 1.87. The van der Waals surface area contributed by atoms with Crippen LogP contribution in [0.15, 0.2) is 12.5 Å². The summed E-state index contributed by atoms with van der Waals surface area (Å²) in [6, 6.07) is 0. The topological polar surface area (TPSA) is 109 Å². The standard InChI is InChI=1S/C11H12ClN7O2/c12-7-5-13-11(19-1-3-21-4-2-19)16-8(7)9(20)17-10-14-6-15-18-10/h5-6H,1-4H2,(H2,14,15,17,18,20). The Bertz CT molecular complexity index is 628. The molecule has 0 atom stereocenters. The van der Waals surface area contributed by atoms with Gasteiger partial charge >= 0.3 is 0 Å². The van der Waals surface area contributed by atoms with Crippen LogP contribution in [-0.4, -0.2) is 57.4 Å². The molecular formula is C11H12ClN7O2. The van der Waals surface area contributed by atoms with Crippen LogP contribution in [0.3, 0.4) is 0 Å². The number of amides is 1. The lowest BCUT2D eigenvalue weighted by molar-refractivity contribution is 0.102. The Labute approximate surface area is 124 Å². The Morgan fingerprint density at radius 2 is 2.19 bits per heavy atom. The van der Waals surface area contributed by atoms with Crippen molar-refractivity contribution in [3.63, 3.8) is 0 Å². The van der Waals surface area contributed by atoms with Crippen molar-refractivity contribution in [2.24, 2.45) is 0 Å². The summed E-state index contributed by atoms with van der Waals surface area (Å²) in [6.45, 7) is 2.55. The van der Waals surface area contributed by atoms with Crippen molar-refractivity contribution in [3.8, 4) is 0 Å². The maximum atomic E-state index is 12.2. The summed E-state index contributed by atoms with van der Waals surface area (Å²) in [5.41, 5.74) is 0.0876. The molecule has 10 heteroatoms. The van der Waals surface area contributed by atoms with Gasteiger partial charge in [-0.1, -0.05) is 11.6 Å². The van der Waals surface area contributed by atoms with E-state index in [0.717, 1.165) is 0 Å². The minimum atomic E-state index is -0.478. The van der Waals surface area contributed by atoms with Gasteiger partial charge in [-0.25, -0.2) is 15.1 Å². The third-order valence-electron chi connectivity index (χ3n) is 2.89. The SMILES string of the molecule is O=C(Nc1ncn[nH]1)c1nc(N2CCOCC2)ncc1Cl. The van der Waals surface area contributed by atoms with E-state index in [4.69, 9.17) is 16.3 Å². The predicted octanol–water partition coefficient (Wildman–Crippen LogP) is 0.337. The molecule has 0 aromatic carbocycles. The van der Waals surface area contributed by atoms with Crippen molar-refractivity contribution in [2.75, 3.05) is 36.5 Å². The summed E-state index contributed by atoms with van der Waals surface area (Å²) in [5, 5.41) is 8.87. The monoisotopic (exact) mass is 309 g/mol. The Hall–Kier alpha value is -2.26. The normalized spacial score (nSPS) is 15.0. The van der Waals surface area contributed by atoms with Gasteiger partial charge in [-0.15, -0.1) is 0 Å². The lowest BCUT2D eigenvalue weighted by atomic mass is 10.3. The number of rotatable bonds is 3. The fourth-order valence-corrected chi connectivity index (χ4v) is 2.04. The zero-order chi connectivity index (χ0) is 14.7. The average Bonchev–Trinajstić information content (AvgIpc) is 3.01. The lowest BCUT2D eigenvalue weighted by Gasteiger charge is -2.26. The van der Waals surface area contributed by atoms with Crippen molar-refractivity contribution < 1.29 is 9.53 Å². The van der Waals surface area contributed by atoms with Crippen molar-refractivity contribution in [1.82, 2.24) is 25.1 Å². The van der Waals surface area contributed by atoms with Gasteiger partial charge < -0.3 is 9.64 Å². The molecule has 110 valence electrons. The molecule has 0 radical (unpaired) electrons. The smallest absolute Gasteiger partial charge is 0.278 e. The number of hydrogen-bond donors (Lipinski definition) is 2. The van der Waals surface area contributed by atoms with Crippen molar-refractivity contribution >= 4 is 29.4 Å². The number of H-pyrrole nitrogens is 1. The number of carbonyl (C=O) groups excluding carboxylic acids is 1. The number of aromatic amines is 1. The van der Waals surface area contributed by atoms with Gasteiger partial charge in [0.25, 0.3) is 5.91 Å². The van der Waals surface area contributed by atoms with Gasteiger partial charge in [0, 0.05) is 13.1 Å². The molecule has 0 spiro atoms. The quantitative estimate of drug-likeness (QED) is 0.841. The first kappa shape index (κ1) is 13.7. The third kappa shape index (κ3) is 3.09. The van der Waals surface area contributed by atoms with Gasteiger partial charge in [-0.05, 0) is 0 Å². The summed E-state index contributed by atoms with van der Waals surface area (Å²) in [6.07, 6.45) is 2.70. The molecule has 1 aliphatic heterocycles. The molecule has 1 saturated heterocycles. The first-order valence-corrected chi connectivity index (χ1v) is 6.64. The highest BCUT2D eigenvalue weighted by atomic mass is 35.5. The molecule has 3 rings (SSSR count). The van der Waals surface area contributed by atoms with Gasteiger partial charge in [0.05, 0.1) is 24.4 Å². The molecule has 1 fully saturated rings. The number of ether oxygens (including phenoxy) is 1. The van der Waals surface area contributed by atoms with Crippen LogP contribution in [0.25, 0.3) is 0 Å². The summed E-state index contributed by atoms with van der Waals surface area (Å²) < 4.78 is 5.27. The molecule has 2 N–H and O–H groups in total. The second-order valence-corrected chi connectivity index (χ2v) is 4.66. The van der Waals surface area contributed by atoms with E-state index in [2.05, 4.69) is 30.5 Å². The van der Waals surface area contributed by atoms with Crippen molar-refractivity contribution in [1.29, 1.82) is 0 Å². The van der Waals surface area contributed by atoms with Crippen LogP contribution in [0.5, 0.6) is 0 Å². The number of carbonyl (C=O) groups is 1. The number of aromatic nitrogens is 5. The molecule has 9 nitrogen and oxygen atoms in total. The van der Waals surface area contributed by atoms with E-state index in [1.54, 1.807) is 0 Å². The molecule has 21 heavy (non-hydrogen) atoms. The predicted molar refractivity (Wildman–Crippen MR) is 74.4 cm³/mol. The Morgan fingerprint density at radius 1 is 1.38 bits per heavy atom. The van der Waals surface area contributed by atoms with Gasteiger partial charge in [-0.2, -0.15) is 10.1 Å². The van der Waals surface area contributed by atoms with E-state index < -0.39 is 5.91 Å². The third-order valence-corrected chi connectivity index (χ3v) is 3.16. The van der Waals surface area contributed by atoms with Crippen LogP contribution in [0.1, 0.15) is 10.5 Å². The molecule has 3 heterocycles. The maximum Gasteiger partial charge on any atom is 0.278 e. The van der Waals surface area contributed by atoms with Gasteiger partial charge in [0.1, 0.15) is 6.33 Å². The molecule has 2 aromatic rings. The van der Waals surface area contributed by atoms with E-state index in [-0.39, 0.29) is 16.7 Å². The van der Waals surface area contributed by atoms with Crippen LogP contribution >= 0.6 is 11.6 Å². The van der Waals surface area contributed by atoms with E-state index >= 15 is 0 Å². The largest absolute Gasteiger partial charge is 0.378 e. The molecule has 1 aliphatic rings. The van der Waals surface area contributed by atoms with Gasteiger partial charge in [-0.3, -0.25) is 10.1 Å². The van der Waals surface area contributed by atoms with Crippen LogP contribution in [0, 0.1) is 0 Å². The van der Waals surface area contributed by atoms with Crippen LogP contribution < -0.4 is 10.2 Å². The zero-order valence-corrected chi connectivity index (χ0v) is 11.7. The van der Waals surface area contributed by atoms with E-state index in [1.165, 1.54) is 12.5 Å². The maximum absolute atomic E-state index is 12.2. The minimum Gasteiger partial charge on any atom is -0.378 e. The number of morpholine rings is 1. The second-order valence-electron chi connectivity index (χ2n) is 4.25. The average molecular weight is 310 g/mol. The van der Waals surface area contributed by atoms with Crippen LogP contribution in [0.4, 0.5) is 11.9 Å². The zero-order valence-electron chi connectivity index (χ0n) is 10.9. The Balaban J connectivity index is 1.81. The highest BCUT2D eigenvalue weighted by Crippen LogP contribution is 2.18. The minimum absolute atomic E-state index is 0.0876. The fraction of sp³-hybridized carbons (Fsp3) is 0.364. The van der Waals surface area contributed by atoms with Crippen LogP contribution in [-0.2, 0) is 4.74 Å². The number of nitrogens with one attached hydrogen (secondary N) is 2. The summed E-state index contributed by atoms with van der Waals surface area (Å²) >= 11 is 5.99. The molecule has 1 amide bonds. The summed E-state index contributed by atoms with van der Waals surface area (Å²) in [5.74, 6) is 0.196. The second kappa shape index (κ2) is 6.02. The van der Waals surface area contributed by atoms with Gasteiger partial charge in [0.2, 0.25) is 11.9 Å². The van der Waals surface area contributed by atoms with E-state index in [0.29, 0.717) is 32.3 Å². The molecular weight excluding hydrogens is 298 g/mol. The van der Waals surface area contributed by atoms with E-state index in [9.17, 15) is 4.79 Å². The van der Waals surface area contributed by atoms with Gasteiger partial charge in [0.15, 0.2) is 5.69 Å². The van der Waals surface area contributed by atoms with Crippen molar-refractivity contribution in [2.45, 2.75) is 0 Å². The number of nitrogens with zero attached hydrogens (tertiary/aromatic N) is 5. The number of hydrogen-bond acceptors (Lipinski definition) is 7. The Kier molecular flexibility index (Phi) is 3.93. The summed E-state index contributed by atoms with van der Waals surface area (Å²) in [4.78, 5) is 26.3. The van der Waals surface area contributed by atoms with E-state index in [1.807, 2.05) is 4.90 Å². The molecule has 0 unspecified atom stereocenters. The molecule has 0 bridgehead atoms. The van der Waals surface area contributed by atoms with Crippen molar-refractivity contribution in [3.05, 3.63) is 23.2 Å². The molecule has 0 saturated carbocycles. The summed E-state index contributed by atoms with van der Waals surface area (Å²) in [7, 11) is 0. The highest BCUT2D eigenvalue weighted by molar-refractivity contribution is 6.33. The molecule has 0 aliphatic carbocycles. The first-order chi connectivity index (χ1) is 10.2. The highest BCUT2D eigenvalue weighted by Gasteiger charge is 2.19. The lowest BCUT2D eigenvalue weighted by Crippen LogP contribution is -2.37.